The molecule has 2 aromatic rings. The number of benzene rings is 2. The number of rotatable bonds is 4. The number of anilines is 2. The van der Waals surface area contributed by atoms with E-state index >= 15 is 0 Å². The van der Waals surface area contributed by atoms with E-state index in [2.05, 4.69) is 29.8 Å². The van der Waals surface area contributed by atoms with Crippen LogP contribution in [-0.4, -0.2) is 37.6 Å². The number of thioether (sulfide) groups is 2. The summed E-state index contributed by atoms with van der Waals surface area (Å²) in [5.41, 5.74) is 3.36. The summed E-state index contributed by atoms with van der Waals surface area (Å²) < 4.78 is 6.16. The summed E-state index contributed by atoms with van der Waals surface area (Å²) in [5, 5.41) is 5.62. The molecule has 0 saturated carbocycles. The molecule has 0 fully saturated rings. The zero-order chi connectivity index (χ0) is 18.1. The molecular weight excluding hydrogens is 366 g/mol. The average molecular weight is 388 g/mol. The first kappa shape index (κ1) is 17.6. The van der Waals surface area contributed by atoms with Gasteiger partial charge in [-0.05, 0) is 36.6 Å². The molecule has 2 aliphatic rings. The molecule has 0 aliphatic carbocycles. The second-order valence-corrected chi connectivity index (χ2v) is 8.45. The van der Waals surface area contributed by atoms with E-state index in [1.165, 1.54) is 5.56 Å². The molecule has 2 atom stereocenters. The maximum absolute atomic E-state index is 5.80. The number of ether oxygens (including phenoxy) is 1. The molecule has 5 nitrogen and oxygen atoms in total. The highest BCUT2D eigenvalue weighted by molar-refractivity contribution is 8.39. The van der Waals surface area contributed by atoms with Gasteiger partial charge in [0.25, 0.3) is 0 Å². The van der Waals surface area contributed by atoms with Crippen molar-refractivity contribution in [1.82, 2.24) is 0 Å². The lowest BCUT2D eigenvalue weighted by molar-refractivity contribution is 0.145. The third-order valence-corrected chi connectivity index (χ3v) is 7.22. The van der Waals surface area contributed by atoms with Gasteiger partial charge < -0.3 is 10.1 Å². The fraction of sp³-hybridized carbons (Fsp3) is 0.316. The standard InChI is InChI=1S/C19H21N3O2S2/c1-23-14-10-8-13(9-11-14)21-17-19(12-20-18(25-3)26-19)15-6-4-5-7-16(15)22(17)24-2/h4-11,17,21H,12H2,1-3H3/t17?,19-/m0/s1. The van der Waals surface area contributed by atoms with Crippen LogP contribution in [0.3, 0.4) is 0 Å². The molecule has 1 spiro atoms. The molecule has 2 aromatic carbocycles. The fourth-order valence-electron chi connectivity index (χ4n) is 3.51. The molecule has 0 saturated heterocycles. The lowest BCUT2D eigenvalue weighted by Gasteiger charge is -2.35. The van der Waals surface area contributed by atoms with Crippen molar-refractivity contribution in [2.75, 3.05) is 37.4 Å². The molecule has 2 heterocycles. The highest BCUT2D eigenvalue weighted by Crippen LogP contribution is 2.56. The van der Waals surface area contributed by atoms with Crippen LogP contribution in [0.1, 0.15) is 5.56 Å². The molecule has 4 rings (SSSR count). The van der Waals surface area contributed by atoms with Crippen LogP contribution < -0.4 is 15.1 Å². The topological polar surface area (TPSA) is 46.1 Å². The molecule has 26 heavy (non-hydrogen) atoms. The molecule has 0 aromatic heterocycles. The van der Waals surface area contributed by atoms with Gasteiger partial charge in [0.05, 0.1) is 26.5 Å². The summed E-state index contributed by atoms with van der Waals surface area (Å²) in [4.78, 5) is 10.6. The van der Waals surface area contributed by atoms with Crippen molar-refractivity contribution in [3.8, 4) is 5.75 Å². The van der Waals surface area contributed by atoms with Crippen LogP contribution in [0.2, 0.25) is 0 Å². The Morgan fingerprint density at radius 2 is 1.96 bits per heavy atom. The second kappa shape index (κ2) is 7.06. The molecule has 136 valence electrons. The number of methoxy groups -OCH3 is 1. The van der Waals surface area contributed by atoms with Crippen LogP contribution in [0.5, 0.6) is 5.75 Å². The van der Waals surface area contributed by atoms with Gasteiger partial charge in [-0.25, -0.2) is 5.06 Å². The molecule has 1 N–H and O–H groups in total. The van der Waals surface area contributed by atoms with Gasteiger partial charge in [-0.1, -0.05) is 30.0 Å². The van der Waals surface area contributed by atoms with Gasteiger partial charge in [-0.15, -0.1) is 11.8 Å². The van der Waals surface area contributed by atoms with E-state index < -0.39 is 0 Å². The molecular formula is C19H21N3O2S2. The zero-order valence-electron chi connectivity index (χ0n) is 14.9. The largest absolute Gasteiger partial charge is 0.497 e. The SMILES string of the molecule is COc1ccc(NC2N(OC)c3ccccc3[C@@]23CN=C(SC)S3)cc1. The maximum Gasteiger partial charge on any atom is 0.146 e. The van der Waals surface area contributed by atoms with Crippen LogP contribution >= 0.6 is 23.5 Å². The number of nitrogens with one attached hydrogen (secondary N) is 1. The lowest BCUT2D eigenvalue weighted by Crippen LogP contribution is -2.48. The van der Waals surface area contributed by atoms with E-state index in [-0.39, 0.29) is 10.9 Å². The van der Waals surface area contributed by atoms with Crippen LogP contribution in [0, 0.1) is 0 Å². The number of hydrogen-bond acceptors (Lipinski definition) is 7. The van der Waals surface area contributed by atoms with Crippen molar-refractivity contribution in [3.05, 3.63) is 54.1 Å². The van der Waals surface area contributed by atoms with Crippen molar-refractivity contribution in [2.45, 2.75) is 10.9 Å². The minimum Gasteiger partial charge on any atom is -0.497 e. The average Bonchev–Trinajstić information content (AvgIpc) is 3.24. The fourth-order valence-corrected chi connectivity index (χ4v) is 5.61. The first-order valence-electron chi connectivity index (χ1n) is 8.33. The number of hydroxylamine groups is 1. The molecule has 7 heteroatoms. The van der Waals surface area contributed by atoms with E-state index in [0.29, 0.717) is 0 Å². The molecule has 0 radical (unpaired) electrons. The molecule has 1 unspecified atom stereocenters. The minimum atomic E-state index is -0.217. The Morgan fingerprint density at radius 3 is 2.62 bits per heavy atom. The van der Waals surface area contributed by atoms with Crippen molar-refractivity contribution in [1.29, 1.82) is 0 Å². The maximum atomic E-state index is 5.80. The number of hydrogen-bond donors (Lipinski definition) is 1. The first-order chi connectivity index (χ1) is 12.7. The summed E-state index contributed by atoms with van der Waals surface area (Å²) in [6.45, 7) is 0.721. The summed E-state index contributed by atoms with van der Waals surface area (Å²) in [6.07, 6.45) is 2.00. The van der Waals surface area contributed by atoms with Gasteiger partial charge in [-0.2, -0.15) is 0 Å². The van der Waals surface area contributed by atoms with Gasteiger partial charge >= 0.3 is 0 Å². The highest BCUT2D eigenvalue weighted by Gasteiger charge is 2.55. The Balaban J connectivity index is 1.73. The van der Waals surface area contributed by atoms with Gasteiger partial charge in [0.2, 0.25) is 0 Å². The molecule has 0 amide bonds. The predicted octanol–water partition coefficient (Wildman–Crippen LogP) is 4.18. The number of para-hydroxylation sites is 1. The summed E-state index contributed by atoms with van der Waals surface area (Å²) in [7, 11) is 3.39. The third-order valence-electron chi connectivity index (χ3n) is 4.75. The normalized spacial score (nSPS) is 23.9. The summed E-state index contributed by atoms with van der Waals surface area (Å²) >= 11 is 3.52. The van der Waals surface area contributed by atoms with Crippen molar-refractivity contribution >= 4 is 39.3 Å². The number of fused-ring (bicyclic) bond motifs is 2. The van der Waals surface area contributed by atoms with E-state index in [4.69, 9.17) is 14.6 Å². The van der Waals surface area contributed by atoms with Crippen molar-refractivity contribution < 1.29 is 9.57 Å². The van der Waals surface area contributed by atoms with Gasteiger partial charge in [0, 0.05) is 11.3 Å². The Kier molecular flexibility index (Phi) is 4.77. The molecule has 2 aliphatic heterocycles. The van der Waals surface area contributed by atoms with Crippen molar-refractivity contribution in [3.63, 3.8) is 0 Å². The highest BCUT2D eigenvalue weighted by atomic mass is 32.2. The van der Waals surface area contributed by atoms with Gasteiger partial charge in [-0.3, -0.25) is 9.83 Å². The van der Waals surface area contributed by atoms with Crippen LogP contribution in [0.15, 0.2) is 53.5 Å². The monoisotopic (exact) mass is 387 g/mol. The first-order valence-corrected chi connectivity index (χ1v) is 10.4. The second-order valence-electron chi connectivity index (χ2n) is 6.08. The van der Waals surface area contributed by atoms with E-state index in [9.17, 15) is 0 Å². The predicted molar refractivity (Wildman–Crippen MR) is 111 cm³/mol. The zero-order valence-corrected chi connectivity index (χ0v) is 16.6. The smallest absolute Gasteiger partial charge is 0.146 e. The molecule has 0 bridgehead atoms. The number of aliphatic imine (C=N–C) groups is 1. The lowest BCUT2D eigenvalue weighted by atomic mass is 9.97. The minimum absolute atomic E-state index is 0.0725. The number of nitrogens with zero attached hydrogens (tertiary/aromatic N) is 2. The van der Waals surface area contributed by atoms with Crippen molar-refractivity contribution in [2.24, 2.45) is 4.99 Å². The van der Waals surface area contributed by atoms with Crippen LogP contribution in [0.4, 0.5) is 11.4 Å². The van der Waals surface area contributed by atoms with E-state index in [1.54, 1.807) is 26.0 Å². The quantitative estimate of drug-likeness (QED) is 0.849. The summed E-state index contributed by atoms with van der Waals surface area (Å²) in [6, 6.07) is 16.4. The van der Waals surface area contributed by atoms with E-state index in [1.807, 2.05) is 47.2 Å². The van der Waals surface area contributed by atoms with E-state index in [0.717, 1.165) is 28.0 Å². The van der Waals surface area contributed by atoms with Gasteiger partial charge in [0.1, 0.15) is 21.0 Å². The Morgan fingerprint density at radius 1 is 1.19 bits per heavy atom. The van der Waals surface area contributed by atoms with Crippen LogP contribution in [0.25, 0.3) is 0 Å². The van der Waals surface area contributed by atoms with Gasteiger partial charge in [0.15, 0.2) is 0 Å². The third kappa shape index (κ3) is 2.74. The Bertz CT molecular complexity index is 828. The van der Waals surface area contributed by atoms with Crippen LogP contribution in [-0.2, 0) is 9.58 Å². The Hall–Kier alpha value is -1.83. The Labute approximate surface area is 162 Å². The summed E-state index contributed by atoms with van der Waals surface area (Å²) in [5.74, 6) is 0.840.